The summed E-state index contributed by atoms with van der Waals surface area (Å²) in [5.74, 6) is -0.517. The van der Waals surface area contributed by atoms with Crippen LogP contribution in [0, 0.1) is 0 Å². The van der Waals surface area contributed by atoms with Crippen LogP contribution in [0.4, 0.5) is 24.7 Å². The summed E-state index contributed by atoms with van der Waals surface area (Å²) in [6.07, 6.45) is -4.72. The van der Waals surface area contributed by atoms with Gasteiger partial charge in [-0.1, -0.05) is 29.3 Å². The third kappa shape index (κ3) is 4.08. The molecule has 152 valence electrons. The fourth-order valence-corrected chi connectivity index (χ4v) is 4.22. The van der Waals surface area contributed by atoms with Crippen molar-refractivity contribution in [3.05, 3.63) is 62.4 Å². The number of aromatic nitrogens is 2. The summed E-state index contributed by atoms with van der Waals surface area (Å²) >= 11 is 13.1. The molecule has 2 atom stereocenters. The third-order valence-corrected chi connectivity index (χ3v) is 6.21. The number of fused-ring (bicyclic) bond motifs is 1. The summed E-state index contributed by atoms with van der Waals surface area (Å²) < 4.78 is 41.8. The smallest absolute Gasteiger partial charge is 0.363 e. The first-order valence-electron chi connectivity index (χ1n) is 8.45. The van der Waals surface area contributed by atoms with Crippen molar-refractivity contribution in [2.24, 2.45) is 0 Å². The largest absolute Gasteiger partial charge is 0.410 e. The number of alkyl halides is 3. The Kier molecular flexibility index (Phi) is 5.22. The molecule has 2 unspecified atom stereocenters. The first kappa shape index (κ1) is 20.1. The molecule has 0 fully saturated rings. The molecule has 4 rings (SSSR count). The van der Waals surface area contributed by atoms with Gasteiger partial charge < -0.3 is 10.6 Å². The predicted molar refractivity (Wildman–Crippen MR) is 107 cm³/mol. The molecule has 3 heterocycles. The van der Waals surface area contributed by atoms with Gasteiger partial charge >= 0.3 is 6.18 Å². The van der Waals surface area contributed by atoms with E-state index in [2.05, 4.69) is 15.7 Å². The van der Waals surface area contributed by atoms with Gasteiger partial charge in [-0.05, 0) is 29.6 Å². The fourth-order valence-electron chi connectivity index (χ4n) is 3.13. The quantitative estimate of drug-likeness (QED) is 0.491. The monoisotopic (exact) mass is 460 g/mol. The molecule has 2 aromatic heterocycles. The number of anilines is 2. The van der Waals surface area contributed by atoms with Gasteiger partial charge in [0.15, 0.2) is 11.7 Å². The lowest BCUT2D eigenvalue weighted by Gasteiger charge is -2.32. The molecule has 1 aromatic carbocycles. The third-order valence-electron chi connectivity index (χ3n) is 4.49. The van der Waals surface area contributed by atoms with Crippen molar-refractivity contribution in [2.75, 3.05) is 10.6 Å². The maximum atomic E-state index is 13.7. The first-order chi connectivity index (χ1) is 13.7. The molecule has 5 nitrogen and oxygen atoms in total. The Labute approximate surface area is 177 Å². The van der Waals surface area contributed by atoms with Crippen LogP contribution < -0.4 is 10.6 Å². The number of benzene rings is 1. The van der Waals surface area contributed by atoms with Crippen LogP contribution in [0.15, 0.2) is 41.8 Å². The van der Waals surface area contributed by atoms with Gasteiger partial charge in [0.2, 0.25) is 0 Å². The average Bonchev–Trinajstić information content (AvgIpc) is 3.32. The van der Waals surface area contributed by atoms with Crippen LogP contribution in [-0.2, 0) is 0 Å². The topological polar surface area (TPSA) is 59.0 Å². The Morgan fingerprint density at radius 1 is 1.24 bits per heavy atom. The molecule has 2 N–H and O–H groups in total. The van der Waals surface area contributed by atoms with Crippen LogP contribution in [0.3, 0.4) is 0 Å². The number of carbonyl (C=O) groups excluding carboxylic acids is 1. The van der Waals surface area contributed by atoms with Crippen LogP contribution >= 0.6 is 34.5 Å². The second-order valence-electron chi connectivity index (χ2n) is 6.45. The number of hydrogen-bond donors (Lipinski definition) is 2. The predicted octanol–water partition coefficient (Wildman–Crippen LogP) is 6.16. The van der Waals surface area contributed by atoms with Crippen LogP contribution in [0.1, 0.15) is 33.9 Å². The molecule has 0 aliphatic carbocycles. The minimum absolute atomic E-state index is 0.135. The summed E-state index contributed by atoms with van der Waals surface area (Å²) in [5.41, 5.74) is 0.215. The van der Waals surface area contributed by atoms with Gasteiger partial charge in [0.1, 0.15) is 5.82 Å². The second kappa shape index (κ2) is 7.55. The maximum absolute atomic E-state index is 13.7. The zero-order valence-electron chi connectivity index (χ0n) is 14.5. The average molecular weight is 461 g/mol. The normalized spacial score (nSPS) is 18.8. The van der Waals surface area contributed by atoms with Crippen molar-refractivity contribution in [2.45, 2.75) is 24.7 Å². The molecule has 3 aromatic rings. The van der Waals surface area contributed by atoms with Gasteiger partial charge in [-0.3, -0.25) is 4.79 Å². The van der Waals surface area contributed by atoms with Gasteiger partial charge in [-0.15, -0.1) is 11.3 Å². The Hall–Kier alpha value is -2.23. The number of carbonyl (C=O) groups is 1. The Bertz CT molecular complexity index is 1050. The van der Waals surface area contributed by atoms with Gasteiger partial charge in [-0.25, -0.2) is 4.68 Å². The van der Waals surface area contributed by atoms with E-state index in [1.54, 1.807) is 12.1 Å². The van der Waals surface area contributed by atoms with Crippen LogP contribution in [0.2, 0.25) is 10.0 Å². The maximum Gasteiger partial charge on any atom is 0.410 e. The van der Waals surface area contributed by atoms with Crippen LogP contribution in [0.25, 0.3) is 0 Å². The first-order valence-corrected chi connectivity index (χ1v) is 10.1. The zero-order chi connectivity index (χ0) is 20.8. The molecule has 1 aliphatic rings. The summed E-state index contributed by atoms with van der Waals surface area (Å²) in [6, 6.07) is 7.00. The highest BCUT2D eigenvalue weighted by atomic mass is 35.5. The number of nitrogens with one attached hydrogen (secondary N) is 2. The highest BCUT2D eigenvalue weighted by molar-refractivity contribution is 7.10. The van der Waals surface area contributed by atoms with E-state index < -0.39 is 24.2 Å². The zero-order valence-corrected chi connectivity index (χ0v) is 16.8. The molecule has 0 bridgehead atoms. The lowest BCUT2D eigenvalue weighted by molar-refractivity contribution is -0.173. The molecule has 1 aliphatic heterocycles. The number of thiophene rings is 1. The van der Waals surface area contributed by atoms with E-state index in [1.165, 1.54) is 35.6 Å². The Balaban J connectivity index is 1.63. The lowest BCUT2D eigenvalue weighted by atomic mass is 10.0. The summed E-state index contributed by atoms with van der Waals surface area (Å²) in [7, 11) is 0. The van der Waals surface area contributed by atoms with Crippen molar-refractivity contribution in [1.29, 1.82) is 0 Å². The molecule has 0 radical (unpaired) electrons. The number of rotatable bonds is 3. The number of amides is 1. The minimum Gasteiger partial charge on any atom is -0.363 e. The van der Waals surface area contributed by atoms with Crippen molar-refractivity contribution in [3.63, 3.8) is 0 Å². The van der Waals surface area contributed by atoms with Crippen LogP contribution in [-0.4, -0.2) is 21.9 Å². The SMILES string of the molecule is O=C(Nc1ccc(Cl)c(Cl)c1)c1cc2n(n1)C(C(F)(F)F)CC(c1cccs1)N2. The fraction of sp³-hybridized carbons (Fsp3) is 0.222. The van der Waals surface area contributed by atoms with E-state index in [1.807, 2.05) is 5.38 Å². The minimum atomic E-state index is -4.50. The highest BCUT2D eigenvalue weighted by Gasteiger charge is 2.47. The summed E-state index contributed by atoms with van der Waals surface area (Å²) in [4.78, 5) is 13.3. The van der Waals surface area contributed by atoms with E-state index in [0.29, 0.717) is 10.7 Å². The van der Waals surface area contributed by atoms with Gasteiger partial charge in [0.25, 0.3) is 5.91 Å². The molecule has 0 saturated carbocycles. The molecule has 0 spiro atoms. The van der Waals surface area contributed by atoms with Gasteiger partial charge in [0.05, 0.1) is 16.1 Å². The van der Waals surface area contributed by atoms with Crippen molar-refractivity contribution >= 4 is 52.0 Å². The van der Waals surface area contributed by atoms with E-state index >= 15 is 0 Å². The van der Waals surface area contributed by atoms with Crippen molar-refractivity contribution < 1.29 is 18.0 Å². The van der Waals surface area contributed by atoms with Crippen LogP contribution in [0.5, 0.6) is 0 Å². The molecule has 29 heavy (non-hydrogen) atoms. The number of halogens is 5. The molecule has 0 saturated heterocycles. The molecular weight excluding hydrogens is 448 g/mol. The Morgan fingerprint density at radius 3 is 2.69 bits per heavy atom. The Morgan fingerprint density at radius 2 is 2.03 bits per heavy atom. The molecular formula is C18H13Cl2F3N4OS. The summed E-state index contributed by atoms with van der Waals surface area (Å²) in [5, 5.41) is 11.9. The van der Waals surface area contributed by atoms with Crippen molar-refractivity contribution in [3.8, 4) is 0 Å². The molecule has 11 heteroatoms. The summed E-state index contributed by atoms with van der Waals surface area (Å²) in [6.45, 7) is 0. The van der Waals surface area contributed by atoms with Crippen molar-refractivity contribution in [1.82, 2.24) is 9.78 Å². The lowest BCUT2D eigenvalue weighted by Crippen LogP contribution is -2.35. The highest BCUT2D eigenvalue weighted by Crippen LogP contribution is 2.44. The molecule has 1 amide bonds. The van der Waals surface area contributed by atoms with E-state index in [4.69, 9.17) is 23.2 Å². The second-order valence-corrected chi connectivity index (χ2v) is 8.24. The number of nitrogens with zero attached hydrogens (tertiary/aromatic N) is 2. The standard InChI is InChI=1S/C18H13Cl2F3N4OS/c19-10-4-3-9(6-11(10)20)24-17(28)13-8-16-25-12(14-2-1-5-29-14)7-15(18(21,22)23)27(16)26-13/h1-6,8,12,15,25H,7H2,(H,24,28). The van der Waals surface area contributed by atoms with E-state index in [0.717, 1.165) is 9.56 Å². The van der Waals surface area contributed by atoms with Gasteiger partial charge in [0, 0.05) is 23.1 Å². The van der Waals surface area contributed by atoms with Gasteiger partial charge in [-0.2, -0.15) is 18.3 Å². The van der Waals surface area contributed by atoms with E-state index in [9.17, 15) is 18.0 Å². The number of hydrogen-bond acceptors (Lipinski definition) is 4. The van der Waals surface area contributed by atoms with E-state index in [-0.39, 0.29) is 23.0 Å².